The van der Waals surface area contributed by atoms with E-state index in [0.717, 1.165) is 17.3 Å². The number of alkyl halides is 1. The summed E-state index contributed by atoms with van der Waals surface area (Å²) in [7, 11) is 0. The molecule has 0 atom stereocenters. The number of benzene rings is 1. The molecule has 2 nitrogen and oxygen atoms in total. The van der Waals surface area contributed by atoms with Gasteiger partial charge >= 0.3 is 0 Å². The number of halogens is 1. The van der Waals surface area contributed by atoms with Crippen molar-refractivity contribution in [1.82, 2.24) is 5.32 Å². The number of hydrogen-bond donors (Lipinski definition) is 1. The summed E-state index contributed by atoms with van der Waals surface area (Å²) in [5.41, 5.74) is 2.39. The molecule has 1 N–H and O–H groups in total. The van der Waals surface area contributed by atoms with Crippen LogP contribution in [0.4, 0.5) is 0 Å². The first-order chi connectivity index (χ1) is 8.11. The Bertz CT molecular complexity index is 363. The number of amides is 1. The first-order valence-electron chi connectivity index (χ1n) is 6.02. The number of carbonyl (C=O) groups is 1. The van der Waals surface area contributed by atoms with Crippen molar-refractivity contribution in [3.05, 3.63) is 35.4 Å². The molecule has 0 radical (unpaired) electrons. The maximum atomic E-state index is 11.6. The molecule has 0 unspecified atom stereocenters. The van der Waals surface area contributed by atoms with Gasteiger partial charge < -0.3 is 5.32 Å². The zero-order chi connectivity index (χ0) is 12.7. The van der Waals surface area contributed by atoms with Gasteiger partial charge in [0.05, 0.1) is 0 Å². The van der Waals surface area contributed by atoms with E-state index in [-0.39, 0.29) is 5.91 Å². The molecule has 17 heavy (non-hydrogen) atoms. The van der Waals surface area contributed by atoms with Crippen molar-refractivity contribution in [3.8, 4) is 0 Å². The van der Waals surface area contributed by atoms with E-state index < -0.39 is 0 Å². The van der Waals surface area contributed by atoms with Crippen molar-refractivity contribution >= 4 is 21.8 Å². The average Bonchev–Trinajstić information content (AvgIpc) is 2.34. The van der Waals surface area contributed by atoms with Gasteiger partial charge in [-0.3, -0.25) is 4.79 Å². The molecular formula is C14H20BrNO. The zero-order valence-electron chi connectivity index (χ0n) is 10.5. The molecule has 0 saturated heterocycles. The van der Waals surface area contributed by atoms with Gasteiger partial charge in [-0.2, -0.15) is 0 Å². The summed E-state index contributed by atoms with van der Waals surface area (Å²) in [4.78, 5) is 11.6. The minimum absolute atomic E-state index is 0.142. The molecule has 0 spiro atoms. The third-order valence-electron chi connectivity index (χ3n) is 2.58. The Morgan fingerprint density at radius 2 is 2.06 bits per heavy atom. The fourth-order valence-corrected chi connectivity index (χ4v) is 1.88. The van der Waals surface area contributed by atoms with Gasteiger partial charge in [-0.15, -0.1) is 0 Å². The van der Waals surface area contributed by atoms with E-state index in [9.17, 15) is 4.79 Å². The topological polar surface area (TPSA) is 29.1 Å². The molecule has 0 bridgehead atoms. The van der Waals surface area contributed by atoms with Crippen molar-refractivity contribution in [3.63, 3.8) is 0 Å². The lowest BCUT2D eigenvalue weighted by atomic mass is 10.1. The van der Waals surface area contributed by atoms with E-state index in [0.29, 0.717) is 18.9 Å². The van der Waals surface area contributed by atoms with Gasteiger partial charge in [0, 0.05) is 18.3 Å². The Morgan fingerprint density at radius 1 is 1.35 bits per heavy atom. The van der Waals surface area contributed by atoms with Crippen LogP contribution >= 0.6 is 15.9 Å². The van der Waals surface area contributed by atoms with Crippen LogP contribution in [0.25, 0.3) is 0 Å². The highest BCUT2D eigenvalue weighted by Gasteiger charge is 2.03. The summed E-state index contributed by atoms with van der Waals surface area (Å²) in [5, 5.41) is 3.80. The predicted octanol–water partition coefficient (Wildman–Crippen LogP) is 3.63. The molecule has 0 aliphatic heterocycles. The van der Waals surface area contributed by atoms with Crippen LogP contribution in [0.1, 0.15) is 37.8 Å². The van der Waals surface area contributed by atoms with E-state index in [2.05, 4.69) is 47.2 Å². The molecule has 94 valence electrons. The smallest absolute Gasteiger partial charge is 0.220 e. The molecule has 0 fully saturated rings. The van der Waals surface area contributed by atoms with Gasteiger partial charge in [0.1, 0.15) is 0 Å². The lowest BCUT2D eigenvalue weighted by molar-refractivity contribution is -0.121. The van der Waals surface area contributed by atoms with Crippen molar-refractivity contribution < 1.29 is 4.79 Å². The van der Waals surface area contributed by atoms with Gasteiger partial charge in [0.15, 0.2) is 0 Å². The van der Waals surface area contributed by atoms with Crippen molar-refractivity contribution in [2.45, 2.75) is 38.6 Å². The highest BCUT2D eigenvalue weighted by atomic mass is 79.9. The largest absolute Gasteiger partial charge is 0.352 e. The fraction of sp³-hybridized carbons (Fsp3) is 0.500. The van der Waals surface area contributed by atoms with Crippen LogP contribution in [-0.4, -0.2) is 5.91 Å². The van der Waals surface area contributed by atoms with Gasteiger partial charge in [0.2, 0.25) is 5.91 Å². The summed E-state index contributed by atoms with van der Waals surface area (Å²) in [5.74, 6) is 0.723. The molecule has 1 aromatic rings. The normalized spacial score (nSPS) is 10.6. The Morgan fingerprint density at radius 3 is 2.71 bits per heavy atom. The summed E-state index contributed by atoms with van der Waals surface area (Å²) < 4.78 is 0. The predicted molar refractivity (Wildman–Crippen MR) is 75.0 cm³/mol. The highest BCUT2D eigenvalue weighted by molar-refractivity contribution is 9.08. The van der Waals surface area contributed by atoms with Crippen LogP contribution in [0.3, 0.4) is 0 Å². The SMILES string of the molecule is CC(C)CCC(=O)NCc1cccc(CBr)c1. The Kier molecular flexibility index (Phi) is 6.27. The molecule has 0 aliphatic rings. The Hall–Kier alpha value is -0.830. The monoisotopic (exact) mass is 297 g/mol. The van der Waals surface area contributed by atoms with Gasteiger partial charge in [-0.05, 0) is 23.5 Å². The third-order valence-corrected chi connectivity index (χ3v) is 3.23. The molecule has 1 aromatic carbocycles. The van der Waals surface area contributed by atoms with E-state index >= 15 is 0 Å². The van der Waals surface area contributed by atoms with Gasteiger partial charge in [-0.1, -0.05) is 54.0 Å². The quantitative estimate of drug-likeness (QED) is 0.798. The molecule has 0 aromatic heterocycles. The zero-order valence-corrected chi connectivity index (χ0v) is 12.1. The number of hydrogen-bond acceptors (Lipinski definition) is 1. The average molecular weight is 298 g/mol. The number of carbonyl (C=O) groups excluding carboxylic acids is 1. The lowest BCUT2D eigenvalue weighted by Crippen LogP contribution is -2.22. The molecule has 1 rings (SSSR count). The van der Waals surface area contributed by atoms with Crippen LogP contribution in [0.2, 0.25) is 0 Å². The summed E-state index contributed by atoms with van der Waals surface area (Å²) >= 11 is 3.43. The van der Waals surface area contributed by atoms with Crippen LogP contribution in [0.15, 0.2) is 24.3 Å². The molecular weight excluding hydrogens is 278 g/mol. The van der Waals surface area contributed by atoms with Crippen molar-refractivity contribution in [1.29, 1.82) is 0 Å². The minimum Gasteiger partial charge on any atom is -0.352 e. The molecule has 3 heteroatoms. The highest BCUT2D eigenvalue weighted by Crippen LogP contribution is 2.09. The fourth-order valence-electron chi connectivity index (χ4n) is 1.53. The number of rotatable bonds is 6. The molecule has 1 amide bonds. The number of nitrogens with one attached hydrogen (secondary N) is 1. The molecule has 0 saturated carbocycles. The van der Waals surface area contributed by atoms with Crippen LogP contribution in [0.5, 0.6) is 0 Å². The van der Waals surface area contributed by atoms with Gasteiger partial charge in [-0.25, -0.2) is 0 Å². The Labute approximate surface area is 112 Å². The second kappa shape index (κ2) is 7.49. The van der Waals surface area contributed by atoms with E-state index in [1.165, 1.54) is 5.56 Å². The Balaban J connectivity index is 2.36. The maximum absolute atomic E-state index is 11.6. The maximum Gasteiger partial charge on any atom is 0.220 e. The van der Waals surface area contributed by atoms with Gasteiger partial charge in [0.25, 0.3) is 0 Å². The van der Waals surface area contributed by atoms with Crippen LogP contribution in [0, 0.1) is 5.92 Å². The van der Waals surface area contributed by atoms with Crippen molar-refractivity contribution in [2.75, 3.05) is 0 Å². The standard InChI is InChI=1S/C14H20BrNO/c1-11(2)6-7-14(17)16-10-13-5-3-4-12(8-13)9-15/h3-5,8,11H,6-7,9-10H2,1-2H3,(H,16,17). The second-order valence-electron chi connectivity index (χ2n) is 4.66. The lowest BCUT2D eigenvalue weighted by Gasteiger charge is -2.07. The summed E-state index contributed by atoms with van der Waals surface area (Å²) in [6, 6.07) is 8.23. The molecule has 0 heterocycles. The minimum atomic E-state index is 0.142. The first-order valence-corrected chi connectivity index (χ1v) is 7.14. The first kappa shape index (κ1) is 14.2. The van der Waals surface area contributed by atoms with Crippen molar-refractivity contribution in [2.24, 2.45) is 5.92 Å². The summed E-state index contributed by atoms with van der Waals surface area (Å²) in [6.07, 6.45) is 1.57. The third kappa shape index (κ3) is 5.87. The van der Waals surface area contributed by atoms with E-state index in [1.807, 2.05) is 12.1 Å². The second-order valence-corrected chi connectivity index (χ2v) is 5.22. The van der Waals surface area contributed by atoms with E-state index in [4.69, 9.17) is 0 Å². The van der Waals surface area contributed by atoms with Crippen LogP contribution in [-0.2, 0) is 16.7 Å². The molecule has 0 aliphatic carbocycles. The van der Waals surface area contributed by atoms with Crippen LogP contribution < -0.4 is 5.32 Å². The summed E-state index contributed by atoms with van der Waals surface area (Å²) in [6.45, 7) is 4.89. The van der Waals surface area contributed by atoms with E-state index in [1.54, 1.807) is 0 Å².